The van der Waals surface area contributed by atoms with Gasteiger partial charge in [0.15, 0.2) is 5.13 Å². The number of aliphatic hydroxyl groups is 1. The van der Waals surface area contributed by atoms with E-state index in [0.29, 0.717) is 16.3 Å². The summed E-state index contributed by atoms with van der Waals surface area (Å²) in [5, 5.41) is 13.7. The van der Waals surface area contributed by atoms with E-state index >= 15 is 0 Å². The number of anilines is 1. The van der Waals surface area contributed by atoms with Crippen molar-refractivity contribution < 1.29 is 14.7 Å². The topological polar surface area (TPSA) is 83.4 Å². The molecule has 3 aromatic carbocycles. The average Bonchev–Trinajstić information content (AvgIpc) is 3.42. The molecule has 0 bridgehead atoms. The number of nitrogens with zero attached hydrogens (tertiary/aromatic N) is 3. The Morgan fingerprint density at radius 2 is 1.71 bits per heavy atom. The van der Waals surface area contributed by atoms with Crippen LogP contribution in [0.5, 0.6) is 0 Å². The van der Waals surface area contributed by atoms with Crippen LogP contribution < -0.4 is 4.90 Å². The third-order valence-electron chi connectivity index (χ3n) is 5.96. The molecule has 0 spiro atoms. The molecule has 1 fully saturated rings. The average molecular weight is 464 g/mol. The van der Waals surface area contributed by atoms with Gasteiger partial charge in [-0.3, -0.25) is 19.5 Å². The molecule has 6 rings (SSSR count). The Balaban J connectivity index is 1.57. The van der Waals surface area contributed by atoms with Crippen molar-refractivity contribution in [3.8, 4) is 0 Å². The third kappa shape index (κ3) is 3.17. The maximum atomic E-state index is 13.3. The lowest BCUT2D eigenvalue weighted by atomic mass is 9.95. The second-order valence-electron chi connectivity index (χ2n) is 7.98. The molecule has 5 aromatic rings. The molecule has 0 radical (unpaired) electrons. The molecule has 2 aromatic heterocycles. The number of Topliss-reactive ketones (excluding diaryl/α,β-unsaturated/α-hetero) is 1. The largest absolute Gasteiger partial charge is 0.507 e. The van der Waals surface area contributed by atoms with Crippen molar-refractivity contribution in [3.05, 3.63) is 108 Å². The number of pyridine rings is 1. The van der Waals surface area contributed by atoms with E-state index in [2.05, 4.69) is 9.97 Å². The number of benzene rings is 3. The summed E-state index contributed by atoms with van der Waals surface area (Å²) in [4.78, 5) is 36.8. The number of hydrogen-bond acceptors (Lipinski definition) is 6. The Labute approximate surface area is 198 Å². The van der Waals surface area contributed by atoms with Crippen molar-refractivity contribution in [2.45, 2.75) is 6.04 Å². The number of amides is 1. The molecule has 3 heterocycles. The number of carbonyl (C=O) groups is 2. The lowest BCUT2D eigenvalue weighted by Crippen LogP contribution is -2.29. The predicted octanol–water partition coefficient (Wildman–Crippen LogP) is 5.47. The van der Waals surface area contributed by atoms with Crippen LogP contribution >= 0.6 is 11.3 Å². The standard InChI is InChI=1S/C27H17N3O3S/c31-24(18-12-11-16-6-1-2-7-17(16)14-18)22-23(19-8-5-13-28-15-19)30(26(33)25(22)32)27-29-20-9-3-4-10-21(20)34-27/h1-15,23,31H/b24-22+. The van der Waals surface area contributed by atoms with Gasteiger partial charge in [0.2, 0.25) is 0 Å². The van der Waals surface area contributed by atoms with Crippen LogP contribution in [-0.4, -0.2) is 26.8 Å². The molecule has 7 heteroatoms. The summed E-state index contributed by atoms with van der Waals surface area (Å²) in [6.07, 6.45) is 3.22. The fraction of sp³-hybridized carbons (Fsp3) is 0.0370. The van der Waals surface area contributed by atoms with E-state index in [-0.39, 0.29) is 11.3 Å². The van der Waals surface area contributed by atoms with Gasteiger partial charge in [0.05, 0.1) is 21.8 Å². The van der Waals surface area contributed by atoms with E-state index in [1.54, 1.807) is 30.6 Å². The Kier molecular flexibility index (Phi) is 4.71. The van der Waals surface area contributed by atoms with Crippen molar-refractivity contribution in [2.24, 2.45) is 0 Å². The van der Waals surface area contributed by atoms with E-state index in [0.717, 1.165) is 21.0 Å². The van der Waals surface area contributed by atoms with Crippen LogP contribution in [0.4, 0.5) is 5.13 Å². The first-order valence-electron chi connectivity index (χ1n) is 10.7. The van der Waals surface area contributed by atoms with Crippen LogP contribution in [-0.2, 0) is 9.59 Å². The van der Waals surface area contributed by atoms with Crippen molar-refractivity contribution in [3.63, 3.8) is 0 Å². The normalized spacial score (nSPS) is 17.6. The fourth-order valence-electron chi connectivity index (χ4n) is 4.34. The molecule has 1 amide bonds. The second kappa shape index (κ2) is 7.90. The third-order valence-corrected chi connectivity index (χ3v) is 6.99. The van der Waals surface area contributed by atoms with Gasteiger partial charge < -0.3 is 5.11 Å². The first-order chi connectivity index (χ1) is 16.6. The Hall–Kier alpha value is -4.36. The second-order valence-corrected chi connectivity index (χ2v) is 8.99. The van der Waals surface area contributed by atoms with Gasteiger partial charge in [0.25, 0.3) is 5.78 Å². The number of para-hydroxylation sites is 1. The number of thiazole rings is 1. The highest BCUT2D eigenvalue weighted by molar-refractivity contribution is 7.22. The molecule has 1 unspecified atom stereocenters. The van der Waals surface area contributed by atoms with Crippen LogP contribution in [0.1, 0.15) is 17.2 Å². The monoisotopic (exact) mass is 463 g/mol. The number of hydrogen-bond donors (Lipinski definition) is 1. The van der Waals surface area contributed by atoms with E-state index in [9.17, 15) is 14.7 Å². The van der Waals surface area contributed by atoms with Crippen LogP contribution in [0.25, 0.3) is 26.7 Å². The summed E-state index contributed by atoms with van der Waals surface area (Å²) in [5.74, 6) is -1.70. The summed E-state index contributed by atoms with van der Waals surface area (Å²) < 4.78 is 0.902. The van der Waals surface area contributed by atoms with Crippen LogP contribution in [0.15, 0.2) is 96.8 Å². The highest BCUT2D eigenvalue weighted by Gasteiger charge is 2.48. The van der Waals surface area contributed by atoms with E-state index in [1.807, 2.05) is 60.7 Å². The molecule has 0 saturated carbocycles. The number of aromatic nitrogens is 2. The molecule has 164 valence electrons. The molecule has 1 N–H and O–H groups in total. The van der Waals surface area contributed by atoms with Crippen LogP contribution in [0.3, 0.4) is 0 Å². The van der Waals surface area contributed by atoms with Crippen molar-refractivity contribution >= 4 is 54.9 Å². The summed E-state index contributed by atoms with van der Waals surface area (Å²) in [7, 11) is 0. The Morgan fingerprint density at radius 1 is 0.912 bits per heavy atom. The van der Waals surface area contributed by atoms with Crippen molar-refractivity contribution in [1.82, 2.24) is 9.97 Å². The van der Waals surface area contributed by atoms with E-state index in [4.69, 9.17) is 0 Å². The molecule has 0 aliphatic carbocycles. The summed E-state index contributed by atoms with van der Waals surface area (Å²) in [5.41, 5.74) is 1.84. The zero-order valence-corrected chi connectivity index (χ0v) is 18.6. The zero-order valence-electron chi connectivity index (χ0n) is 17.8. The van der Waals surface area contributed by atoms with Crippen LogP contribution in [0, 0.1) is 0 Å². The first-order valence-corrected chi connectivity index (χ1v) is 11.5. The highest BCUT2D eigenvalue weighted by atomic mass is 32.1. The summed E-state index contributed by atoms with van der Waals surface area (Å²) in [6.45, 7) is 0. The van der Waals surface area contributed by atoms with Gasteiger partial charge in [-0.2, -0.15) is 0 Å². The quantitative estimate of drug-likeness (QED) is 0.218. The lowest BCUT2D eigenvalue weighted by Gasteiger charge is -2.22. The summed E-state index contributed by atoms with van der Waals surface area (Å²) >= 11 is 1.33. The maximum Gasteiger partial charge on any atom is 0.301 e. The minimum absolute atomic E-state index is 0.0209. The predicted molar refractivity (Wildman–Crippen MR) is 133 cm³/mol. The molecule has 1 saturated heterocycles. The molecular weight excluding hydrogens is 446 g/mol. The number of ketones is 1. The number of carbonyl (C=O) groups excluding carboxylic acids is 2. The van der Waals surface area contributed by atoms with Gasteiger partial charge in [0, 0.05) is 18.0 Å². The molecule has 1 aliphatic heterocycles. The molecular formula is C27H17N3O3S. The van der Waals surface area contributed by atoms with Gasteiger partial charge in [-0.25, -0.2) is 4.98 Å². The molecule has 34 heavy (non-hydrogen) atoms. The highest BCUT2D eigenvalue weighted by Crippen LogP contribution is 2.44. The minimum atomic E-state index is -0.847. The van der Waals surface area contributed by atoms with Crippen LogP contribution in [0.2, 0.25) is 0 Å². The number of fused-ring (bicyclic) bond motifs is 2. The maximum absolute atomic E-state index is 13.3. The SMILES string of the molecule is O=C1C(=O)N(c2nc3ccccc3s2)C(c2cccnc2)/C1=C(\O)c1ccc2ccccc2c1. The van der Waals surface area contributed by atoms with Gasteiger partial charge in [-0.1, -0.05) is 65.9 Å². The van der Waals surface area contributed by atoms with Gasteiger partial charge in [0.1, 0.15) is 5.76 Å². The molecule has 1 aliphatic rings. The smallest absolute Gasteiger partial charge is 0.301 e. The van der Waals surface area contributed by atoms with Gasteiger partial charge in [-0.05, 0) is 40.6 Å². The number of aliphatic hydroxyl groups excluding tert-OH is 1. The first kappa shape index (κ1) is 20.3. The minimum Gasteiger partial charge on any atom is -0.507 e. The molecule has 1 atom stereocenters. The van der Waals surface area contributed by atoms with E-state index < -0.39 is 17.7 Å². The van der Waals surface area contributed by atoms with Gasteiger partial charge in [-0.15, -0.1) is 0 Å². The lowest BCUT2D eigenvalue weighted by molar-refractivity contribution is -0.132. The zero-order chi connectivity index (χ0) is 23.2. The van der Waals surface area contributed by atoms with Gasteiger partial charge >= 0.3 is 5.91 Å². The summed E-state index contributed by atoms with van der Waals surface area (Å²) in [6, 6.07) is 23.4. The Morgan fingerprint density at radius 3 is 2.50 bits per heavy atom. The van der Waals surface area contributed by atoms with Crippen molar-refractivity contribution in [2.75, 3.05) is 4.90 Å². The fourth-order valence-corrected chi connectivity index (χ4v) is 5.33. The van der Waals surface area contributed by atoms with E-state index in [1.165, 1.54) is 16.2 Å². The molecule has 6 nitrogen and oxygen atoms in total. The van der Waals surface area contributed by atoms with Crippen molar-refractivity contribution in [1.29, 1.82) is 0 Å². The number of rotatable bonds is 3. The Bertz CT molecular complexity index is 1590.